The minimum atomic E-state index is -0.934. The van der Waals surface area contributed by atoms with E-state index in [0.29, 0.717) is 31.9 Å². The first-order valence-corrected chi connectivity index (χ1v) is 5.64. The number of amides is 1. The topological polar surface area (TPSA) is 43.8 Å². The van der Waals surface area contributed by atoms with Crippen molar-refractivity contribution >= 4 is 23.4 Å². The second kappa shape index (κ2) is 4.79. The van der Waals surface area contributed by atoms with Gasteiger partial charge in [0.1, 0.15) is 0 Å². The molecule has 0 bridgehead atoms. The van der Waals surface area contributed by atoms with Crippen LogP contribution in [0.25, 0.3) is 0 Å². The van der Waals surface area contributed by atoms with Crippen LogP contribution >= 0.6 is 11.6 Å². The summed E-state index contributed by atoms with van der Waals surface area (Å²) in [7, 11) is 0. The summed E-state index contributed by atoms with van der Waals surface area (Å²) in [6, 6.07) is 4.83. The predicted molar refractivity (Wildman–Crippen MR) is 63.2 cm³/mol. The molecule has 1 aromatic carbocycles. The number of anilines is 1. The fourth-order valence-corrected chi connectivity index (χ4v) is 2.04. The van der Waals surface area contributed by atoms with E-state index in [4.69, 9.17) is 16.7 Å². The Kier molecular flexibility index (Phi) is 3.38. The summed E-state index contributed by atoms with van der Waals surface area (Å²) in [4.78, 5) is 13.9. The first-order chi connectivity index (χ1) is 8.09. The fourth-order valence-electron chi connectivity index (χ4n) is 1.88. The van der Waals surface area contributed by atoms with E-state index in [1.54, 1.807) is 17.0 Å². The van der Waals surface area contributed by atoms with Gasteiger partial charge in [-0.15, -0.1) is 0 Å². The number of nitrogens with zero attached hydrogens (tertiary/aromatic N) is 2. The van der Waals surface area contributed by atoms with E-state index in [-0.39, 0.29) is 5.02 Å². The van der Waals surface area contributed by atoms with Crippen molar-refractivity contribution in [2.75, 3.05) is 31.1 Å². The van der Waals surface area contributed by atoms with E-state index in [1.165, 1.54) is 11.0 Å². The van der Waals surface area contributed by atoms with E-state index in [9.17, 15) is 9.18 Å². The summed E-state index contributed by atoms with van der Waals surface area (Å²) in [5, 5.41) is 8.89. The molecule has 1 heterocycles. The Morgan fingerprint density at radius 1 is 1.29 bits per heavy atom. The third-order valence-electron chi connectivity index (χ3n) is 2.82. The van der Waals surface area contributed by atoms with Crippen molar-refractivity contribution in [3.63, 3.8) is 0 Å². The molecule has 1 aliphatic rings. The van der Waals surface area contributed by atoms with Gasteiger partial charge in [-0.3, -0.25) is 0 Å². The highest BCUT2D eigenvalue weighted by molar-refractivity contribution is 6.31. The van der Waals surface area contributed by atoms with Crippen LogP contribution in [0.3, 0.4) is 0 Å². The Morgan fingerprint density at radius 3 is 2.53 bits per heavy atom. The molecular weight excluding hydrogens is 247 g/mol. The molecule has 1 amide bonds. The Morgan fingerprint density at radius 2 is 1.94 bits per heavy atom. The zero-order valence-electron chi connectivity index (χ0n) is 9.07. The van der Waals surface area contributed by atoms with E-state index >= 15 is 0 Å². The number of benzene rings is 1. The zero-order valence-corrected chi connectivity index (χ0v) is 9.82. The van der Waals surface area contributed by atoms with Gasteiger partial charge in [0.25, 0.3) is 0 Å². The quantitative estimate of drug-likeness (QED) is 0.840. The zero-order chi connectivity index (χ0) is 12.4. The normalized spacial score (nSPS) is 16.1. The maximum Gasteiger partial charge on any atom is 0.407 e. The molecule has 0 radical (unpaired) electrons. The van der Waals surface area contributed by atoms with Gasteiger partial charge in [0.05, 0.1) is 10.7 Å². The summed E-state index contributed by atoms with van der Waals surface area (Å²) < 4.78 is 13.7. The highest BCUT2D eigenvalue weighted by Crippen LogP contribution is 2.26. The molecule has 17 heavy (non-hydrogen) atoms. The Bertz CT molecular complexity index is 433. The van der Waals surface area contributed by atoms with E-state index < -0.39 is 11.9 Å². The molecular formula is C11H12ClFN2O2. The van der Waals surface area contributed by atoms with Crippen LogP contribution in [0.4, 0.5) is 14.9 Å². The number of hydrogen-bond donors (Lipinski definition) is 1. The summed E-state index contributed by atoms with van der Waals surface area (Å²) in [5.41, 5.74) is 0.433. The fraction of sp³-hybridized carbons (Fsp3) is 0.364. The molecule has 1 N–H and O–H groups in total. The average molecular weight is 259 g/mol. The van der Waals surface area contributed by atoms with Crippen molar-refractivity contribution in [1.82, 2.24) is 4.90 Å². The van der Waals surface area contributed by atoms with Crippen LogP contribution in [-0.2, 0) is 0 Å². The van der Waals surface area contributed by atoms with Gasteiger partial charge >= 0.3 is 6.09 Å². The molecule has 1 saturated heterocycles. The van der Waals surface area contributed by atoms with Gasteiger partial charge < -0.3 is 14.9 Å². The third-order valence-corrected chi connectivity index (χ3v) is 3.11. The summed E-state index contributed by atoms with van der Waals surface area (Å²) in [6.45, 7) is 1.70. The van der Waals surface area contributed by atoms with Crippen LogP contribution in [0.5, 0.6) is 0 Å². The van der Waals surface area contributed by atoms with E-state index in [2.05, 4.69) is 0 Å². The van der Waals surface area contributed by atoms with Gasteiger partial charge in [0.2, 0.25) is 0 Å². The molecule has 92 valence electrons. The van der Waals surface area contributed by atoms with Gasteiger partial charge in [0.15, 0.2) is 5.82 Å². The van der Waals surface area contributed by atoms with Gasteiger partial charge in [-0.25, -0.2) is 9.18 Å². The summed E-state index contributed by atoms with van der Waals surface area (Å²) >= 11 is 5.71. The maximum absolute atomic E-state index is 13.7. The Hall–Kier alpha value is -1.49. The van der Waals surface area contributed by atoms with Gasteiger partial charge in [-0.05, 0) is 12.1 Å². The molecule has 0 saturated carbocycles. The number of halogens is 2. The largest absolute Gasteiger partial charge is 0.465 e. The molecule has 0 unspecified atom stereocenters. The van der Waals surface area contributed by atoms with Crippen molar-refractivity contribution in [3.8, 4) is 0 Å². The average Bonchev–Trinajstić information content (AvgIpc) is 2.33. The van der Waals surface area contributed by atoms with Crippen molar-refractivity contribution in [1.29, 1.82) is 0 Å². The third kappa shape index (κ3) is 2.44. The lowest BCUT2D eigenvalue weighted by Crippen LogP contribution is -2.48. The van der Waals surface area contributed by atoms with Crippen LogP contribution in [-0.4, -0.2) is 42.3 Å². The number of piperazine rings is 1. The molecule has 1 fully saturated rings. The van der Waals surface area contributed by atoms with Crippen LogP contribution in [0.2, 0.25) is 5.02 Å². The Labute approximate surface area is 103 Å². The number of rotatable bonds is 1. The summed E-state index contributed by atoms with van der Waals surface area (Å²) in [6.07, 6.45) is -0.934. The monoisotopic (exact) mass is 258 g/mol. The van der Waals surface area contributed by atoms with Crippen molar-refractivity contribution in [3.05, 3.63) is 29.0 Å². The lowest BCUT2D eigenvalue weighted by molar-refractivity contribution is 0.142. The summed E-state index contributed by atoms with van der Waals surface area (Å²) in [5.74, 6) is -0.446. The molecule has 0 atom stereocenters. The van der Waals surface area contributed by atoms with E-state index in [0.717, 1.165) is 0 Å². The van der Waals surface area contributed by atoms with Gasteiger partial charge in [-0.2, -0.15) is 0 Å². The van der Waals surface area contributed by atoms with Gasteiger partial charge in [-0.1, -0.05) is 17.7 Å². The smallest absolute Gasteiger partial charge is 0.407 e. The van der Waals surface area contributed by atoms with Crippen molar-refractivity contribution < 1.29 is 14.3 Å². The standard InChI is InChI=1S/C11H12ClFN2O2/c12-8-2-1-3-9(10(8)13)14-4-6-15(7-5-14)11(16)17/h1-3H,4-7H2,(H,16,17). The van der Waals surface area contributed by atoms with Crippen LogP contribution in [0.15, 0.2) is 18.2 Å². The lowest BCUT2D eigenvalue weighted by atomic mass is 10.2. The lowest BCUT2D eigenvalue weighted by Gasteiger charge is -2.34. The maximum atomic E-state index is 13.7. The van der Waals surface area contributed by atoms with Crippen LogP contribution < -0.4 is 4.90 Å². The Balaban J connectivity index is 2.10. The molecule has 0 aliphatic carbocycles. The molecule has 2 rings (SSSR count). The number of carboxylic acid groups (broad SMARTS) is 1. The first-order valence-electron chi connectivity index (χ1n) is 5.26. The van der Waals surface area contributed by atoms with Crippen molar-refractivity contribution in [2.24, 2.45) is 0 Å². The molecule has 0 aromatic heterocycles. The van der Waals surface area contributed by atoms with E-state index in [1.807, 2.05) is 0 Å². The molecule has 4 nitrogen and oxygen atoms in total. The first kappa shape index (κ1) is 12.0. The SMILES string of the molecule is O=C(O)N1CCN(c2cccc(Cl)c2F)CC1. The predicted octanol–water partition coefficient (Wildman–Crippen LogP) is 2.28. The van der Waals surface area contributed by atoms with Crippen LogP contribution in [0.1, 0.15) is 0 Å². The minimum absolute atomic E-state index is 0.0863. The minimum Gasteiger partial charge on any atom is -0.465 e. The second-order valence-corrected chi connectivity index (χ2v) is 4.24. The second-order valence-electron chi connectivity index (χ2n) is 3.83. The van der Waals surface area contributed by atoms with Crippen molar-refractivity contribution in [2.45, 2.75) is 0 Å². The number of carbonyl (C=O) groups is 1. The highest BCUT2D eigenvalue weighted by atomic mass is 35.5. The molecule has 1 aromatic rings. The number of hydrogen-bond acceptors (Lipinski definition) is 2. The molecule has 6 heteroatoms. The highest BCUT2D eigenvalue weighted by Gasteiger charge is 2.22. The molecule has 1 aliphatic heterocycles. The van der Waals surface area contributed by atoms with Crippen LogP contribution in [0, 0.1) is 5.82 Å². The van der Waals surface area contributed by atoms with Gasteiger partial charge in [0, 0.05) is 26.2 Å². The molecule has 0 spiro atoms.